The average molecular weight is 270 g/mol. The Hall–Kier alpha value is -1.57. The summed E-state index contributed by atoms with van der Waals surface area (Å²) in [4.78, 5) is 11.5. The third-order valence-electron chi connectivity index (χ3n) is 2.38. The van der Waals surface area contributed by atoms with Gasteiger partial charge in [-0.05, 0) is 32.4 Å². The number of hydrogen-bond donors (Lipinski definition) is 3. The van der Waals surface area contributed by atoms with Crippen LogP contribution < -0.4 is 0 Å². The predicted molar refractivity (Wildman–Crippen MR) is 65.2 cm³/mol. The Morgan fingerprint density at radius 2 is 2.00 bits per heavy atom. The molecule has 1 aromatic heterocycles. The summed E-state index contributed by atoms with van der Waals surface area (Å²) in [6, 6.07) is 1.54. The Morgan fingerprint density at radius 1 is 1.37 bits per heavy atom. The molecule has 0 radical (unpaired) electrons. The first-order valence-electron chi connectivity index (χ1n) is 5.73. The standard InChI is InChI=1S/C12H18N2O5/c1-11(2,3)19-12(9(15)16,10(17)18)6-8-4-5-13-14-7-8/h4-5,7,9,15-16H,6H2,1-3H3,(H,17,18). The lowest BCUT2D eigenvalue weighted by molar-refractivity contribution is -0.248. The topological polar surface area (TPSA) is 113 Å². The summed E-state index contributed by atoms with van der Waals surface area (Å²) in [5, 5.41) is 35.5. The number of rotatable bonds is 5. The maximum absolute atomic E-state index is 11.5. The summed E-state index contributed by atoms with van der Waals surface area (Å²) in [7, 11) is 0. The van der Waals surface area contributed by atoms with E-state index in [0.717, 1.165) is 0 Å². The fourth-order valence-corrected chi connectivity index (χ4v) is 1.68. The number of aromatic nitrogens is 2. The van der Waals surface area contributed by atoms with E-state index in [9.17, 15) is 20.1 Å². The average Bonchev–Trinajstić information content (AvgIpc) is 2.27. The number of aliphatic carboxylic acids is 1. The van der Waals surface area contributed by atoms with Crippen molar-refractivity contribution in [1.82, 2.24) is 10.2 Å². The van der Waals surface area contributed by atoms with Gasteiger partial charge in [-0.15, -0.1) is 0 Å². The zero-order valence-corrected chi connectivity index (χ0v) is 11.1. The molecule has 0 bridgehead atoms. The monoisotopic (exact) mass is 270 g/mol. The van der Waals surface area contributed by atoms with Crippen LogP contribution in [0.3, 0.4) is 0 Å². The second-order valence-corrected chi connectivity index (χ2v) is 5.21. The second kappa shape index (κ2) is 5.60. The molecule has 0 amide bonds. The molecule has 0 spiro atoms. The van der Waals surface area contributed by atoms with E-state index in [-0.39, 0.29) is 6.42 Å². The normalized spacial score (nSPS) is 15.3. The maximum Gasteiger partial charge on any atom is 0.341 e. The summed E-state index contributed by atoms with van der Waals surface area (Å²) in [6.45, 7) is 4.91. The molecule has 3 N–H and O–H groups in total. The van der Waals surface area contributed by atoms with Gasteiger partial charge in [-0.1, -0.05) is 0 Å². The molecular formula is C12H18N2O5. The smallest absolute Gasteiger partial charge is 0.341 e. The molecule has 0 fully saturated rings. The molecule has 1 atom stereocenters. The molecule has 1 unspecified atom stereocenters. The van der Waals surface area contributed by atoms with Gasteiger partial charge in [-0.2, -0.15) is 10.2 Å². The van der Waals surface area contributed by atoms with Gasteiger partial charge in [0.1, 0.15) is 0 Å². The van der Waals surface area contributed by atoms with Crippen LogP contribution >= 0.6 is 0 Å². The first-order chi connectivity index (χ1) is 8.67. The van der Waals surface area contributed by atoms with E-state index in [1.807, 2.05) is 0 Å². The number of nitrogens with zero attached hydrogens (tertiary/aromatic N) is 2. The molecular weight excluding hydrogens is 252 g/mol. The van der Waals surface area contributed by atoms with E-state index in [2.05, 4.69) is 10.2 Å². The molecule has 0 saturated heterocycles. The van der Waals surface area contributed by atoms with Gasteiger partial charge < -0.3 is 20.1 Å². The van der Waals surface area contributed by atoms with Crippen LogP contribution in [0.25, 0.3) is 0 Å². The van der Waals surface area contributed by atoms with Gasteiger partial charge >= 0.3 is 5.97 Å². The number of aliphatic hydroxyl groups excluding tert-OH is 1. The number of carboxylic acid groups (broad SMARTS) is 1. The molecule has 0 saturated carbocycles. The molecule has 0 aliphatic rings. The van der Waals surface area contributed by atoms with E-state index < -0.39 is 23.5 Å². The summed E-state index contributed by atoms with van der Waals surface area (Å²) >= 11 is 0. The largest absolute Gasteiger partial charge is 0.479 e. The Kier molecular flexibility index (Phi) is 4.56. The molecule has 19 heavy (non-hydrogen) atoms. The van der Waals surface area contributed by atoms with Crippen LogP contribution in [0.5, 0.6) is 0 Å². The number of ether oxygens (including phenoxy) is 1. The van der Waals surface area contributed by atoms with Gasteiger partial charge in [0, 0.05) is 12.6 Å². The van der Waals surface area contributed by atoms with Crippen molar-refractivity contribution >= 4 is 5.97 Å². The van der Waals surface area contributed by atoms with E-state index in [1.165, 1.54) is 12.4 Å². The third-order valence-corrected chi connectivity index (χ3v) is 2.38. The summed E-state index contributed by atoms with van der Waals surface area (Å²) < 4.78 is 5.40. The molecule has 7 heteroatoms. The maximum atomic E-state index is 11.5. The Balaban J connectivity index is 3.14. The molecule has 106 valence electrons. The van der Waals surface area contributed by atoms with Gasteiger partial charge in [0.2, 0.25) is 5.60 Å². The zero-order valence-electron chi connectivity index (χ0n) is 11.1. The van der Waals surface area contributed by atoms with Gasteiger partial charge in [0.05, 0.1) is 11.8 Å². The number of carbonyl (C=O) groups is 1. The fourth-order valence-electron chi connectivity index (χ4n) is 1.68. The van der Waals surface area contributed by atoms with Gasteiger partial charge in [0.15, 0.2) is 6.29 Å². The summed E-state index contributed by atoms with van der Waals surface area (Å²) in [6.07, 6.45) is 0.346. The van der Waals surface area contributed by atoms with Gasteiger partial charge in [-0.3, -0.25) is 0 Å². The SMILES string of the molecule is CC(C)(C)OC(Cc1ccnnc1)(C(=O)O)C(O)O. The van der Waals surface area contributed by atoms with Crippen LogP contribution in [0, 0.1) is 0 Å². The predicted octanol–water partition coefficient (Wildman–Crippen LogP) is -0.0317. The summed E-state index contributed by atoms with van der Waals surface area (Å²) in [5.41, 5.74) is -2.53. The lowest BCUT2D eigenvalue weighted by Crippen LogP contribution is -2.56. The minimum Gasteiger partial charge on any atom is -0.479 e. The Labute approximate surface area is 110 Å². The lowest BCUT2D eigenvalue weighted by Gasteiger charge is -2.37. The van der Waals surface area contributed by atoms with Crippen LogP contribution in [0.4, 0.5) is 0 Å². The molecule has 0 aliphatic heterocycles. The van der Waals surface area contributed by atoms with Crippen LogP contribution in [-0.4, -0.2) is 49.0 Å². The first-order valence-corrected chi connectivity index (χ1v) is 5.73. The van der Waals surface area contributed by atoms with Crippen LogP contribution in [-0.2, 0) is 16.0 Å². The molecule has 0 aliphatic carbocycles. The first kappa shape index (κ1) is 15.5. The fraction of sp³-hybridized carbons (Fsp3) is 0.583. The summed E-state index contributed by atoms with van der Waals surface area (Å²) in [5.74, 6) is -1.45. The van der Waals surface area contributed by atoms with Crippen molar-refractivity contribution in [3.63, 3.8) is 0 Å². The number of aliphatic hydroxyl groups is 2. The van der Waals surface area contributed by atoms with Crippen LogP contribution in [0.1, 0.15) is 26.3 Å². The minimum absolute atomic E-state index is 0.229. The quantitative estimate of drug-likeness (QED) is 0.644. The lowest BCUT2D eigenvalue weighted by atomic mass is 9.93. The highest BCUT2D eigenvalue weighted by molar-refractivity contribution is 5.78. The molecule has 1 heterocycles. The van der Waals surface area contributed by atoms with Gasteiger partial charge in [-0.25, -0.2) is 4.79 Å². The van der Waals surface area contributed by atoms with Crippen molar-refractivity contribution in [2.45, 2.75) is 44.7 Å². The van der Waals surface area contributed by atoms with Crippen molar-refractivity contribution in [3.05, 3.63) is 24.0 Å². The third kappa shape index (κ3) is 3.95. The highest BCUT2D eigenvalue weighted by Crippen LogP contribution is 2.27. The highest BCUT2D eigenvalue weighted by Gasteiger charge is 2.49. The molecule has 7 nitrogen and oxygen atoms in total. The van der Waals surface area contributed by atoms with Crippen LogP contribution in [0.2, 0.25) is 0 Å². The van der Waals surface area contributed by atoms with Crippen molar-refractivity contribution < 1.29 is 24.9 Å². The number of hydrogen-bond acceptors (Lipinski definition) is 6. The second-order valence-electron chi connectivity index (χ2n) is 5.21. The van der Waals surface area contributed by atoms with E-state index in [4.69, 9.17) is 4.74 Å². The molecule has 0 aromatic carbocycles. The van der Waals surface area contributed by atoms with Crippen molar-refractivity contribution in [2.75, 3.05) is 0 Å². The van der Waals surface area contributed by atoms with Gasteiger partial charge in [0.25, 0.3) is 0 Å². The van der Waals surface area contributed by atoms with E-state index in [0.29, 0.717) is 5.56 Å². The van der Waals surface area contributed by atoms with Crippen molar-refractivity contribution in [2.24, 2.45) is 0 Å². The van der Waals surface area contributed by atoms with Crippen LogP contribution in [0.15, 0.2) is 18.5 Å². The minimum atomic E-state index is -2.17. The Morgan fingerprint density at radius 3 is 2.37 bits per heavy atom. The Bertz CT molecular complexity index is 429. The van der Waals surface area contributed by atoms with Crippen molar-refractivity contribution in [1.29, 1.82) is 0 Å². The number of carboxylic acids is 1. The zero-order chi connectivity index (χ0) is 14.7. The van der Waals surface area contributed by atoms with E-state index >= 15 is 0 Å². The van der Waals surface area contributed by atoms with E-state index in [1.54, 1.807) is 26.8 Å². The molecule has 1 aromatic rings. The molecule has 1 rings (SSSR count). The van der Waals surface area contributed by atoms with Crippen molar-refractivity contribution in [3.8, 4) is 0 Å². The highest BCUT2D eigenvalue weighted by atomic mass is 16.6.